The van der Waals surface area contributed by atoms with Gasteiger partial charge >= 0.3 is 0 Å². The first-order valence-corrected chi connectivity index (χ1v) is 19.6. The van der Waals surface area contributed by atoms with Crippen LogP contribution in [0.15, 0.2) is 206 Å². The van der Waals surface area contributed by atoms with Gasteiger partial charge in [-0.15, -0.1) is 0 Å². The molecule has 266 valence electrons. The number of rotatable bonds is 5. The van der Waals surface area contributed by atoms with E-state index in [9.17, 15) is 0 Å². The minimum absolute atomic E-state index is 1.14. The van der Waals surface area contributed by atoms with Crippen LogP contribution in [0.4, 0.5) is 0 Å². The molecule has 0 amide bonds. The molecule has 0 saturated heterocycles. The van der Waals surface area contributed by atoms with Gasteiger partial charge in [0.05, 0.1) is 27.6 Å². The largest absolute Gasteiger partial charge is 0.354 e. The molecule has 3 aromatic heterocycles. The van der Waals surface area contributed by atoms with Crippen molar-refractivity contribution in [1.82, 2.24) is 14.1 Å². The smallest absolute Gasteiger partial charge is 0.0544 e. The van der Waals surface area contributed by atoms with Gasteiger partial charge in [0, 0.05) is 54.8 Å². The molecule has 0 saturated carbocycles. The summed E-state index contributed by atoms with van der Waals surface area (Å²) in [7, 11) is 0. The average Bonchev–Trinajstić information content (AvgIpc) is 3.94. The van der Waals surface area contributed by atoms with Crippen molar-refractivity contribution in [3.63, 3.8) is 0 Å². The van der Waals surface area contributed by atoms with E-state index in [1.165, 1.54) is 93.5 Å². The van der Waals surface area contributed by atoms with Crippen LogP contribution in [0.2, 0.25) is 0 Å². The Morgan fingerprint density at radius 1 is 0.281 bits per heavy atom. The van der Waals surface area contributed by atoms with E-state index < -0.39 is 0 Å². The van der Waals surface area contributed by atoms with Gasteiger partial charge in [0.25, 0.3) is 0 Å². The maximum Gasteiger partial charge on any atom is 0.0544 e. The monoisotopic (exact) mass is 725 g/mol. The Morgan fingerprint density at radius 2 is 0.789 bits per heavy atom. The van der Waals surface area contributed by atoms with Gasteiger partial charge in [0.1, 0.15) is 0 Å². The molecule has 1 N–H and O–H groups in total. The number of H-pyrrole nitrogens is 1. The molecule has 0 bridgehead atoms. The number of aromatic nitrogens is 3. The Balaban J connectivity index is 1.03. The van der Waals surface area contributed by atoms with Crippen LogP contribution in [0.5, 0.6) is 0 Å². The molecule has 0 fully saturated rings. The van der Waals surface area contributed by atoms with Crippen LogP contribution >= 0.6 is 0 Å². The standard InChI is InChI=1S/C54H35N3/c1-2-17-40(18-3-1)56-52-27-11-7-23-45(52)47-32-37(28-29-53(47)56)35-14-12-15-36(30-35)39-33-46(54-48(34-39)42-20-4-8-24-49(42)55-54)38-16-13-19-41(31-38)57-50-25-9-5-21-43(50)44-22-6-10-26-51(44)57/h1-34,55H. The predicted molar refractivity (Wildman–Crippen MR) is 241 cm³/mol. The zero-order valence-corrected chi connectivity index (χ0v) is 31.0. The summed E-state index contributed by atoms with van der Waals surface area (Å²) in [4.78, 5) is 3.81. The summed E-state index contributed by atoms with van der Waals surface area (Å²) >= 11 is 0. The molecule has 9 aromatic carbocycles. The van der Waals surface area contributed by atoms with E-state index in [4.69, 9.17) is 0 Å². The molecular formula is C54H35N3. The van der Waals surface area contributed by atoms with Crippen molar-refractivity contribution in [1.29, 1.82) is 0 Å². The van der Waals surface area contributed by atoms with Crippen molar-refractivity contribution in [3.8, 4) is 44.8 Å². The third kappa shape index (κ3) is 4.92. The highest BCUT2D eigenvalue weighted by Gasteiger charge is 2.17. The van der Waals surface area contributed by atoms with Crippen molar-refractivity contribution in [2.24, 2.45) is 0 Å². The molecule has 12 rings (SSSR count). The molecule has 0 aliphatic heterocycles. The molecular weight excluding hydrogens is 691 g/mol. The fourth-order valence-electron chi connectivity index (χ4n) is 9.24. The van der Waals surface area contributed by atoms with E-state index in [1.54, 1.807) is 0 Å². The van der Waals surface area contributed by atoms with Gasteiger partial charge in [-0.2, -0.15) is 0 Å². The first-order valence-electron chi connectivity index (χ1n) is 19.6. The highest BCUT2D eigenvalue weighted by molar-refractivity contribution is 6.14. The molecule has 3 heterocycles. The Kier molecular flexibility index (Phi) is 6.93. The fourth-order valence-corrected chi connectivity index (χ4v) is 9.24. The molecule has 0 atom stereocenters. The van der Waals surface area contributed by atoms with Crippen LogP contribution in [0.3, 0.4) is 0 Å². The Hall–Kier alpha value is -7.62. The Bertz CT molecular complexity index is 3470. The lowest BCUT2D eigenvalue weighted by molar-refractivity contribution is 1.18. The molecule has 0 aliphatic carbocycles. The summed E-state index contributed by atoms with van der Waals surface area (Å²) in [6.07, 6.45) is 0. The highest BCUT2D eigenvalue weighted by Crippen LogP contribution is 2.41. The van der Waals surface area contributed by atoms with E-state index in [1.807, 2.05) is 0 Å². The van der Waals surface area contributed by atoms with E-state index in [2.05, 4.69) is 220 Å². The highest BCUT2D eigenvalue weighted by atomic mass is 15.0. The third-order valence-corrected chi connectivity index (χ3v) is 11.8. The van der Waals surface area contributed by atoms with Crippen LogP contribution in [-0.2, 0) is 0 Å². The van der Waals surface area contributed by atoms with E-state index >= 15 is 0 Å². The number of hydrogen-bond donors (Lipinski definition) is 1. The van der Waals surface area contributed by atoms with Gasteiger partial charge in [-0.05, 0) is 107 Å². The van der Waals surface area contributed by atoms with Crippen molar-refractivity contribution in [3.05, 3.63) is 206 Å². The van der Waals surface area contributed by atoms with Gasteiger partial charge < -0.3 is 14.1 Å². The maximum atomic E-state index is 3.81. The first kappa shape index (κ1) is 31.7. The van der Waals surface area contributed by atoms with Gasteiger partial charge in [-0.3, -0.25) is 0 Å². The summed E-state index contributed by atoms with van der Waals surface area (Å²) in [6.45, 7) is 0. The summed E-state index contributed by atoms with van der Waals surface area (Å²) in [5.41, 5.74) is 16.6. The predicted octanol–water partition coefficient (Wildman–Crippen LogP) is 14.5. The maximum absolute atomic E-state index is 3.81. The number of nitrogens with one attached hydrogen (secondary N) is 1. The van der Waals surface area contributed by atoms with Crippen LogP contribution in [0, 0.1) is 0 Å². The molecule has 0 radical (unpaired) electrons. The normalized spacial score (nSPS) is 11.9. The van der Waals surface area contributed by atoms with Crippen molar-refractivity contribution < 1.29 is 0 Å². The van der Waals surface area contributed by atoms with Crippen LogP contribution in [0.25, 0.3) is 110 Å². The quantitative estimate of drug-likeness (QED) is 0.183. The Labute approximate surface area is 329 Å². The molecule has 3 nitrogen and oxygen atoms in total. The molecule has 0 unspecified atom stereocenters. The lowest BCUT2D eigenvalue weighted by atomic mass is 9.93. The second kappa shape index (κ2) is 12.5. The number of para-hydroxylation sites is 5. The molecule has 12 aromatic rings. The number of fused-ring (bicyclic) bond motifs is 9. The molecule has 3 heteroatoms. The van der Waals surface area contributed by atoms with Gasteiger partial charge in [0.2, 0.25) is 0 Å². The number of aromatic amines is 1. The van der Waals surface area contributed by atoms with Gasteiger partial charge in [-0.1, -0.05) is 127 Å². The second-order valence-corrected chi connectivity index (χ2v) is 15.0. The fraction of sp³-hybridized carbons (Fsp3) is 0. The summed E-state index contributed by atoms with van der Waals surface area (Å²) in [5, 5.41) is 7.49. The van der Waals surface area contributed by atoms with Crippen molar-refractivity contribution in [2.75, 3.05) is 0 Å². The van der Waals surface area contributed by atoms with E-state index in [-0.39, 0.29) is 0 Å². The van der Waals surface area contributed by atoms with E-state index in [0.29, 0.717) is 0 Å². The van der Waals surface area contributed by atoms with Crippen LogP contribution < -0.4 is 0 Å². The Morgan fingerprint density at radius 3 is 1.53 bits per heavy atom. The summed E-state index contributed by atoms with van der Waals surface area (Å²) < 4.78 is 4.77. The van der Waals surface area contributed by atoms with E-state index in [0.717, 1.165) is 16.7 Å². The number of nitrogens with zero attached hydrogens (tertiary/aromatic N) is 2. The molecule has 57 heavy (non-hydrogen) atoms. The topological polar surface area (TPSA) is 25.6 Å². The van der Waals surface area contributed by atoms with Gasteiger partial charge in [0.15, 0.2) is 0 Å². The SMILES string of the molecule is c1ccc(-n2c3ccccc3c3cc(-c4cccc(-c5cc(-c6cccc(-n7c8ccccc8c8ccccc87)c6)c6[nH]c7ccccc7c6c5)c4)ccc32)cc1. The minimum Gasteiger partial charge on any atom is -0.354 e. The number of hydrogen-bond acceptors (Lipinski definition) is 0. The minimum atomic E-state index is 1.14. The van der Waals surface area contributed by atoms with Crippen molar-refractivity contribution in [2.45, 2.75) is 0 Å². The van der Waals surface area contributed by atoms with Crippen molar-refractivity contribution >= 4 is 65.4 Å². The summed E-state index contributed by atoms with van der Waals surface area (Å²) in [6, 6.07) is 75.2. The molecule has 0 spiro atoms. The average molecular weight is 726 g/mol. The van der Waals surface area contributed by atoms with Crippen LogP contribution in [0.1, 0.15) is 0 Å². The molecule has 0 aliphatic rings. The lowest BCUT2D eigenvalue weighted by Gasteiger charge is -2.13. The number of benzene rings is 9. The zero-order valence-electron chi connectivity index (χ0n) is 31.0. The van der Waals surface area contributed by atoms with Crippen LogP contribution in [-0.4, -0.2) is 14.1 Å². The first-order chi connectivity index (χ1) is 28.3. The summed E-state index contributed by atoms with van der Waals surface area (Å²) in [5.74, 6) is 0. The lowest BCUT2D eigenvalue weighted by Crippen LogP contribution is -1.94. The second-order valence-electron chi connectivity index (χ2n) is 15.0. The third-order valence-electron chi connectivity index (χ3n) is 11.8. The zero-order chi connectivity index (χ0) is 37.5. The van der Waals surface area contributed by atoms with Gasteiger partial charge in [-0.25, -0.2) is 0 Å².